The van der Waals surface area contributed by atoms with Crippen molar-refractivity contribution in [3.8, 4) is 11.5 Å². The number of ketones is 1. The fourth-order valence-electron chi connectivity index (χ4n) is 2.41. The minimum atomic E-state index is -1.11. The number of ether oxygens (including phenoxy) is 2. The second-order valence-electron chi connectivity index (χ2n) is 9.74. The van der Waals surface area contributed by atoms with E-state index >= 15 is 0 Å². The molecule has 0 heterocycles. The van der Waals surface area contributed by atoms with Gasteiger partial charge in [0.05, 0.1) is 10.8 Å². The molecule has 0 fully saturated rings. The van der Waals surface area contributed by atoms with E-state index in [1.807, 2.05) is 0 Å². The Labute approximate surface area is 189 Å². The normalized spacial score (nSPS) is 13.2. The van der Waals surface area contributed by atoms with Crippen LogP contribution in [0.25, 0.3) is 0 Å². The summed E-state index contributed by atoms with van der Waals surface area (Å²) < 4.78 is 10.9. The number of hydrogen-bond acceptors (Lipinski definition) is 7. The predicted molar refractivity (Wildman–Crippen MR) is 119 cm³/mol. The highest BCUT2D eigenvalue weighted by Crippen LogP contribution is 2.33. The maximum Gasteiger partial charge on any atom is 0.326 e. The van der Waals surface area contributed by atoms with Gasteiger partial charge in [-0.05, 0) is 79.2 Å². The molecule has 0 aromatic heterocycles. The molecule has 0 aliphatic rings. The van der Waals surface area contributed by atoms with Gasteiger partial charge in [0.2, 0.25) is 0 Å². The first kappa shape index (κ1) is 26.9. The number of aliphatic carboxylic acids is 1. The summed E-state index contributed by atoms with van der Waals surface area (Å²) >= 11 is 0. The van der Waals surface area contributed by atoms with E-state index in [1.54, 1.807) is 54.5 Å². The Hall–Kier alpha value is -3.16. The number of hydrogen-bond donors (Lipinski definition) is 2. The van der Waals surface area contributed by atoms with Crippen LogP contribution >= 0.6 is 0 Å². The molecule has 0 saturated heterocycles. The zero-order valence-electron chi connectivity index (χ0n) is 20.0. The van der Waals surface area contributed by atoms with Gasteiger partial charge in [-0.15, -0.1) is 0 Å². The second kappa shape index (κ2) is 10.4. The van der Waals surface area contributed by atoms with Crippen LogP contribution in [-0.4, -0.2) is 34.8 Å². The summed E-state index contributed by atoms with van der Waals surface area (Å²) in [6, 6.07) is 3.53. The lowest BCUT2D eigenvalue weighted by atomic mass is 9.97. The molecule has 0 unspecified atom stereocenters. The van der Waals surface area contributed by atoms with Crippen molar-refractivity contribution in [1.82, 2.24) is 5.32 Å². The highest BCUT2D eigenvalue weighted by Gasteiger charge is 2.28. The summed E-state index contributed by atoms with van der Waals surface area (Å²) in [7, 11) is 0. The maximum atomic E-state index is 12.5. The number of esters is 2. The fraction of sp³-hybridized carbons (Fsp3) is 0.500. The summed E-state index contributed by atoms with van der Waals surface area (Å²) in [4.78, 5) is 47.7. The minimum Gasteiger partial charge on any atom is -0.480 e. The monoisotopic (exact) mass is 447 g/mol. The second-order valence-corrected chi connectivity index (χ2v) is 9.74. The van der Waals surface area contributed by atoms with Gasteiger partial charge in [0, 0.05) is 12.1 Å². The molecule has 1 atom stereocenters. The summed E-state index contributed by atoms with van der Waals surface area (Å²) in [6.45, 7) is 13.1. The van der Waals surface area contributed by atoms with Gasteiger partial charge in [-0.2, -0.15) is 0 Å². The molecule has 2 N–H and O–H groups in total. The molecule has 8 heteroatoms. The van der Waals surface area contributed by atoms with Gasteiger partial charge < -0.3 is 19.9 Å². The third-order valence-corrected chi connectivity index (χ3v) is 4.20. The van der Waals surface area contributed by atoms with Gasteiger partial charge in [-0.1, -0.05) is 6.07 Å². The van der Waals surface area contributed by atoms with Crippen molar-refractivity contribution >= 4 is 23.7 Å². The van der Waals surface area contributed by atoms with Crippen molar-refractivity contribution in [3.05, 3.63) is 35.5 Å². The zero-order chi connectivity index (χ0) is 24.9. The Morgan fingerprint density at radius 1 is 0.938 bits per heavy atom. The molecule has 0 amide bonds. The lowest BCUT2D eigenvalue weighted by Crippen LogP contribution is -2.37. The van der Waals surface area contributed by atoms with Crippen LogP contribution in [-0.2, 0) is 25.6 Å². The van der Waals surface area contributed by atoms with Crippen LogP contribution in [0.4, 0.5) is 0 Å². The van der Waals surface area contributed by atoms with Gasteiger partial charge >= 0.3 is 17.9 Å². The largest absolute Gasteiger partial charge is 0.480 e. The molecule has 1 aromatic carbocycles. The third-order valence-electron chi connectivity index (χ3n) is 4.20. The standard InChI is InChI=1S/C24H33NO7/c1-14(11-15(2)26)25-17(20(27)28)12-16-9-10-18(31-21(29)23(3,4)5)19(13-16)32-22(30)24(6,7)8/h9-11,13,17,25H,12H2,1-8H3,(H,27,28)/b14-11+/t17-/m0/s1. The summed E-state index contributed by atoms with van der Waals surface area (Å²) in [5.74, 6) is -2.26. The topological polar surface area (TPSA) is 119 Å². The Kier molecular flexibility index (Phi) is 8.76. The van der Waals surface area contributed by atoms with E-state index in [4.69, 9.17) is 9.47 Å². The molecule has 0 aliphatic heterocycles. The molecule has 0 spiro atoms. The molecule has 32 heavy (non-hydrogen) atoms. The quantitative estimate of drug-likeness (QED) is 0.352. The van der Waals surface area contributed by atoms with Crippen molar-refractivity contribution in [3.63, 3.8) is 0 Å². The summed E-state index contributed by atoms with van der Waals surface area (Å²) in [6.07, 6.45) is 1.34. The fourth-order valence-corrected chi connectivity index (χ4v) is 2.41. The van der Waals surface area contributed by atoms with Gasteiger partial charge in [0.1, 0.15) is 6.04 Å². The smallest absolute Gasteiger partial charge is 0.326 e. The van der Waals surface area contributed by atoms with E-state index in [2.05, 4.69) is 5.32 Å². The summed E-state index contributed by atoms with van der Waals surface area (Å²) in [5.41, 5.74) is -0.628. The van der Waals surface area contributed by atoms with E-state index in [9.17, 15) is 24.3 Å². The molecule has 0 radical (unpaired) electrons. The zero-order valence-corrected chi connectivity index (χ0v) is 20.0. The van der Waals surface area contributed by atoms with Crippen LogP contribution in [0.1, 0.15) is 61.0 Å². The molecular weight excluding hydrogens is 414 g/mol. The number of carboxylic acid groups (broad SMARTS) is 1. The minimum absolute atomic E-state index is 0.0279. The van der Waals surface area contributed by atoms with Crippen LogP contribution in [0.2, 0.25) is 0 Å². The third kappa shape index (κ3) is 8.53. The van der Waals surface area contributed by atoms with Crippen LogP contribution < -0.4 is 14.8 Å². The Balaban J connectivity index is 3.28. The van der Waals surface area contributed by atoms with E-state index in [1.165, 1.54) is 25.1 Å². The van der Waals surface area contributed by atoms with Gasteiger partial charge in [0.15, 0.2) is 17.3 Å². The first-order valence-corrected chi connectivity index (χ1v) is 10.3. The van der Waals surface area contributed by atoms with Crippen LogP contribution in [0.15, 0.2) is 30.0 Å². The highest BCUT2D eigenvalue weighted by molar-refractivity contribution is 5.88. The Bertz CT molecular complexity index is 917. The SMILES string of the molecule is CC(=O)/C=C(\C)N[C@@H](Cc1ccc(OC(=O)C(C)(C)C)c(OC(=O)C(C)(C)C)c1)C(=O)O. The number of rotatable bonds is 8. The van der Waals surface area contributed by atoms with Gasteiger partial charge in [-0.25, -0.2) is 4.79 Å². The highest BCUT2D eigenvalue weighted by atomic mass is 16.6. The lowest BCUT2D eigenvalue weighted by molar-refractivity contribution is -0.145. The number of carbonyl (C=O) groups is 4. The molecule has 8 nitrogen and oxygen atoms in total. The van der Waals surface area contributed by atoms with Gasteiger partial charge in [-0.3, -0.25) is 14.4 Å². The molecule has 0 saturated carbocycles. The number of carbonyl (C=O) groups excluding carboxylic acids is 3. The maximum absolute atomic E-state index is 12.5. The van der Waals surface area contributed by atoms with Crippen LogP contribution in [0.3, 0.4) is 0 Å². The molecule has 0 aliphatic carbocycles. The van der Waals surface area contributed by atoms with Crippen LogP contribution in [0.5, 0.6) is 11.5 Å². The van der Waals surface area contributed by atoms with Crippen molar-refractivity contribution in [2.75, 3.05) is 0 Å². The lowest BCUT2D eigenvalue weighted by Gasteiger charge is -2.21. The first-order chi connectivity index (χ1) is 14.5. The average Bonchev–Trinajstić information content (AvgIpc) is 2.60. The van der Waals surface area contributed by atoms with E-state index in [0.29, 0.717) is 11.3 Å². The van der Waals surface area contributed by atoms with Gasteiger partial charge in [0.25, 0.3) is 0 Å². The number of benzene rings is 1. The predicted octanol–water partition coefficient (Wildman–Crippen LogP) is 3.67. The molecule has 176 valence electrons. The first-order valence-electron chi connectivity index (χ1n) is 10.3. The molecular formula is C24H33NO7. The van der Waals surface area contributed by atoms with Crippen LogP contribution in [0, 0.1) is 10.8 Å². The van der Waals surface area contributed by atoms with Crippen molar-refractivity contribution in [1.29, 1.82) is 0 Å². The van der Waals surface area contributed by atoms with E-state index in [0.717, 1.165) is 0 Å². The van der Waals surface area contributed by atoms with Crippen molar-refractivity contribution < 1.29 is 33.8 Å². The number of nitrogens with one attached hydrogen (secondary N) is 1. The van der Waals surface area contributed by atoms with Crippen molar-refractivity contribution in [2.24, 2.45) is 10.8 Å². The summed E-state index contributed by atoms with van der Waals surface area (Å²) in [5, 5.41) is 12.4. The average molecular weight is 448 g/mol. The van der Waals surface area contributed by atoms with E-state index < -0.39 is 34.8 Å². The van der Waals surface area contributed by atoms with Crippen molar-refractivity contribution in [2.45, 2.75) is 67.9 Å². The molecule has 0 bridgehead atoms. The molecule has 1 rings (SSSR count). The van der Waals surface area contributed by atoms with E-state index in [-0.39, 0.29) is 23.7 Å². The number of allylic oxidation sites excluding steroid dienone is 2. The molecule has 1 aromatic rings. The number of carboxylic acids is 1. The Morgan fingerprint density at radius 2 is 1.44 bits per heavy atom. The Morgan fingerprint density at radius 3 is 1.88 bits per heavy atom.